The summed E-state index contributed by atoms with van der Waals surface area (Å²) in [6, 6.07) is 7.05. The maximum absolute atomic E-state index is 13.0. The number of unbranched alkanes of at least 4 members (excludes halogenated alkanes) is 1. The van der Waals surface area contributed by atoms with Crippen LogP contribution in [0.25, 0.3) is 0 Å². The summed E-state index contributed by atoms with van der Waals surface area (Å²) in [6.07, 6.45) is 6.13. The Kier molecular flexibility index (Phi) is 8.92. The summed E-state index contributed by atoms with van der Waals surface area (Å²) in [5.41, 5.74) is 1.14. The van der Waals surface area contributed by atoms with E-state index in [9.17, 15) is 4.39 Å². The highest BCUT2D eigenvalue weighted by molar-refractivity contribution is 5.19. The second kappa shape index (κ2) is 10.6. The van der Waals surface area contributed by atoms with Crippen molar-refractivity contribution in [1.82, 2.24) is 5.32 Å². The third-order valence-corrected chi connectivity index (χ3v) is 3.22. The van der Waals surface area contributed by atoms with Crippen LogP contribution in [0.4, 0.5) is 4.39 Å². The highest BCUT2D eigenvalue weighted by Crippen LogP contribution is 2.19. The van der Waals surface area contributed by atoms with Gasteiger partial charge in [0.25, 0.3) is 0 Å². The summed E-state index contributed by atoms with van der Waals surface area (Å²) in [5.74, 6) is -0.184. The third kappa shape index (κ3) is 6.83. The lowest BCUT2D eigenvalue weighted by Crippen LogP contribution is -2.25. The van der Waals surface area contributed by atoms with Gasteiger partial charge in [0.1, 0.15) is 5.82 Å². The van der Waals surface area contributed by atoms with Crippen LogP contribution in [0.15, 0.2) is 36.9 Å². The van der Waals surface area contributed by atoms with Crippen LogP contribution < -0.4 is 5.32 Å². The Bertz CT molecular complexity index is 364. The Balaban J connectivity index is 2.39. The summed E-state index contributed by atoms with van der Waals surface area (Å²) < 4.78 is 18.5. The van der Waals surface area contributed by atoms with Gasteiger partial charge in [0.15, 0.2) is 0 Å². The van der Waals surface area contributed by atoms with E-state index >= 15 is 0 Å². The van der Waals surface area contributed by atoms with Gasteiger partial charge in [-0.05, 0) is 30.5 Å². The van der Waals surface area contributed by atoms with Crippen LogP contribution in [0, 0.1) is 5.82 Å². The fourth-order valence-electron chi connectivity index (χ4n) is 2.06. The molecule has 3 heteroatoms. The van der Waals surface area contributed by atoms with Crippen molar-refractivity contribution >= 4 is 0 Å². The first-order valence-corrected chi connectivity index (χ1v) is 7.45. The predicted molar refractivity (Wildman–Crippen MR) is 82.3 cm³/mol. The van der Waals surface area contributed by atoms with Gasteiger partial charge < -0.3 is 10.1 Å². The van der Waals surface area contributed by atoms with Gasteiger partial charge in [-0.1, -0.05) is 38.0 Å². The van der Waals surface area contributed by atoms with Gasteiger partial charge in [-0.3, -0.25) is 0 Å². The molecule has 0 amide bonds. The Hall–Kier alpha value is -1.19. The molecule has 0 saturated carbocycles. The van der Waals surface area contributed by atoms with Crippen molar-refractivity contribution in [2.45, 2.75) is 38.6 Å². The Labute approximate surface area is 122 Å². The van der Waals surface area contributed by atoms with E-state index in [4.69, 9.17) is 4.74 Å². The van der Waals surface area contributed by atoms with Gasteiger partial charge in [-0.2, -0.15) is 0 Å². The molecule has 0 aromatic heterocycles. The maximum Gasteiger partial charge on any atom is 0.123 e. The molecule has 2 nitrogen and oxygen atoms in total. The lowest BCUT2D eigenvalue weighted by molar-refractivity contribution is 0.138. The Morgan fingerprint density at radius 1 is 1.30 bits per heavy atom. The zero-order valence-electron chi connectivity index (χ0n) is 12.4. The van der Waals surface area contributed by atoms with Gasteiger partial charge >= 0.3 is 0 Å². The minimum Gasteiger partial charge on any atom is -0.380 e. The molecule has 1 unspecified atom stereocenters. The highest BCUT2D eigenvalue weighted by Gasteiger charge is 2.10. The molecule has 1 aromatic rings. The normalized spacial score (nSPS) is 12.3. The number of halogens is 1. The van der Waals surface area contributed by atoms with Crippen molar-refractivity contribution in [2.75, 3.05) is 19.8 Å². The monoisotopic (exact) mass is 279 g/mol. The minimum atomic E-state index is -0.184. The zero-order chi connectivity index (χ0) is 14.6. The quantitative estimate of drug-likeness (QED) is 0.483. The molecule has 0 bridgehead atoms. The maximum atomic E-state index is 13.0. The number of hydrogen-bond acceptors (Lipinski definition) is 2. The third-order valence-electron chi connectivity index (χ3n) is 3.22. The lowest BCUT2D eigenvalue weighted by atomic mass is 10.0. The van der Waals surface area contributed by atoms with Gasteiger partial charge in [0, 0.05) is 12.6 Å². The number of ether oxygens (including phenoxy) is 1. The van der Waals surface area contributed by atoms with Crippen LogP contribution in [0.1, 0.15) is 44.2 Å². The lowest BCUT2D eigenvalue weighted by Gasteiger charge is -2.19. The molecule has 0 saturated heterocycles. The van der Waals surface area contributed by atoms with Gasteiger partial charge in [0.2, 0.25) is 0 Å². The summed E-state index contributed by atoms with van der Waals surface area (Å²) in [7, 11) is 0. The van der Waals surface area contributed by atoms with E-state index in [2.05, 4.69) is 18.8 Å². The molecule has 1 atom stereocenters. The molecule has 0 heterocycles. The molecule has 1 aromatic carbocycles. The first-order valence-electron chi connectivity index (χ1n) is 7.45. The van der Waals surface area contributed by atoms with E-state index in [1.807, 2.05) is 18.2 Å². The smallest absolute Gasteiger partial charge is 0.123 e. The van der Waals surface area contributed by atoms with Crippen LogP contribution in [0.2, 0.25) is 0 Å². The van der Waals surface area contributed by atoms with Crippen LogP contribution in [-0.2, 0) is 4.74 Å². The van der Waals surface area contributed by atoms with E-state index in [1.54, 1.807) is 0 Å². The molecule has 112 valence electrons. The second-order valence-corrected chi connectivity index (χ2v) is 4.89. The fraction of sp³-hybridized carbons (Fsp3) is 0.529. The first kappa shape index (κ1) is 16.9. The van der Waals surface area contributed by atoms with Crippen molar-refractivity contribution in [3.05, 3.63) is 48.3 Å². The molecule has 0 aliphatic carbocycles. The number of nitrogens with one attached hydrogen (secondary N) is 1. The predicted octanol–water partition coefficient (Wildman–Crippen LogP) is 4.24. The summed E-state index contributed by atoms with van der Waals surface area (Å²) in [5, 5.41) is 3.49. The van der Waals surface area contributed by atoms with E-state index < -0.39 is 0 Å². The molecule has 1 N–H and O–H groups in total. The minimum absolute atomic E-state index is 0.184. The molecule has 0 aliphatic rings. The van der Waals surface area contributed by atoms with Gasteiger partial charge in [0.05, 0.1) is 13.2 Å². The average molecular weight is 279 g/mol. The summed E-state index contributed by atoms with van der Waals surface area (Å²) >= 11 is 0. The van der Waals surface area contributed by atoms with E-state index in [-0.39, 0.29) is 11.9 Å². The SMILES string of the molecule is C=CCCOCCNC(CCCC)c1ccc(F)cc1. The van der Waals surface area contributed by atoms with Gasteiger partial charge in [-0.15, -0.1) is 6.58 Å². The van der Waals surface area contributed by atoms with Crippen LogP contribution in [-0.4, -0.2) is 19.8 Å². The highest BCUT2D eigenvalue weighted by atomic mass is 19.1. The summed E-state index contributed by atoms with van der Waals surface area (Å²) in [4.78, 5) is 0. The topological polar surface area (TPSA) is 21.3 Å². The number of rotatable bonds is 11. The van der Waals surface area contributed by atoms with E-state index in [0.717, 1.165) is 44.4 Å². The fourth-order valence-corrected chi connectivity index (χ4v) is 2.06. The number of hydrogen-bond donors (Lipinski definition) is 1. The van der Waals surface area contributed by atoms with Crippen LogP contribution in [0.3, 0.4) is 0 Å². The van der Waals surface area contributed by atoms with Crippen LogP contribution >= 0.6 is 0 Å². The molecule has 1 rings (SSSR count). The zero-order valence-corrected chi connectivity index (χ0v) is 12.4. The van der Waals surface area contributed by atoms with Gasteiger partial charge in [-0.25, -0.2) is 4.39 Å². The Morgan fingerprint density at radius 2 is 2.05 bits per heavy atom. The van der Waals surface area contributed by atoms with Crippen molar-refractivity contribution < 1.29 is 9.13 Å². The molecule has 20 heavy (non-hydrogen) atoms. The van der Waals surface area contributed by atoms with E-state index in [0.29, 0.717) is 6.61 Å². The van der Waals surface area contributed by atoms with E-state index in [1.165, 1.54) is 12.1 Å². The number of benzene rings is 1. The van der Waals surface area contributed by atoms with Crippen LogP contribution in [0.5, 0.6) is 0 Å². The van der Waals surface area contributed by atoms with Crippen molar-refractivity contribution in [3.8, 4) is 0 Å². The largest absolute Gasteiger partial charge is 0.380 e. The molecule has 0 radical (unpaired) electrons. The molecule has 0 aliphatic heterocycles. The second-order valence-electron chi connectivity index (χ2n) is 4.89. The average Bonchev–Trinajstić information content (AvgIpc) is 2.47. The Morgan fingerprint density at radius 3 is 2.70 bits per heavy atom. The molecular formula is C17H26FNO. The van der Waals surface area contributed by atoms with Crippen molar-refractivity contribution in [2.24, 2.45) is 0 Å². The van der Waals surface area contributed by atoms with Crippen molar-refractivity contribution in [3.63, 3.8) is 0 Å². The molecular weight excluding hydrogens is 253 g/mol. The standard InChI is InChI=1S/C17H26FNO/c1-3-5-7-17(15-8-10-16(18)11-9-15)19-12-14-20-13-6-4-2/h4,8-11,17,19H,2-3,5-7,12-14H2,1H3. The molecule has 0 spiro atoms. The van der Waals surface area contributed by atoms with Crippen molar-refractivity contribution in [1.29, 1.82) is 0 Å². The molecule has 0 fully saturated rings. The summed E-state index contributed by atoms with van der Waals surface area (Å²) in [6.45, 7) is 8.07. The first-order chi connectivity index (χ1) is 9.77.